The second kappa shape index (κ2) is 10.3. The van der Waals surface area contributed by atoms with Crippen molar-refractivity contribution in [3.63, 3.8) is 0 Å². The molecule has 0 saturated carbocycles. The number of carbonyl (C=O) groups excluding carboxylic acids is 2. The lowest BCUT2D eigenvalue weighted by molar-refractivity contribution is -0.138. The van der Waals surface area contributed by atoms with Crippen LogP contribution in [0.3, 0.4) is 0 Å². The molecule has 2 aromatic heterocycles. The minimum atomic E-state index is -4.60. The molecule has 0 atom stereocenters. The van der Waals surface area contributed by atoms with E-state index in [9.17, 15) is 32.8 Å². The standard InChI is InChI=1S/C27H17F3N6O4/c28-27(29,30)18-6-2-1-4-15(18)12-22(37)32-20-7-3-5-16-11-21(33-23(16)20)25(38)34-19-9-8-14(13-31)10-17(19)24-35-26(39)40-36-24/h1-11,33H,12H2,(H,32,37)(H,34,38)(H,35,36,39). The fourth-order valence-corrected chi connectivity index (χ4v) is 4.16. The van der Waals surface area contributed by atoms with Gasteiger partial charge in [-0.25, -0.2) is 4.79 Å². The molecule has 0 fully saturated rings. The van der Waals surface area contributed by atoms with E-state index in [0.29, 0.717) is 10.9 Å². The second-order valence-corrected chi connectivity index (χ2v) is 8.60. The highest BCUT2D eigenvalue weighted by Gasteiger charge is 2.33. The van der Waals surface area contributed by atoms with Crippen LogP contribution in [0.1, 0.15) is 27.2 Å². The van der Waals surface area contributed by atoms with Crippen LogP contribution in [0.2, 0.25) is 0 Å². The average Bonchev–Trinajstić information content (AvgIpc) is 3.56. The number of aromatic nitrogens is 3. The summed E-state index contributed by atoms with van der Waals surface area (Å²) in [6, 6.07) is 17.5. The summed E-state index contributed by atoms with van der Waals surface area (Å²) in [5, 5.41) is 18.7. The molecule has 10 nitrogen and oxygen atoms in total. The Hall–Kier alpha value is -5.64. The van der Waals surface area contributed by atoms with Crippen LogP contribution in [0.4, 0.5) is 24.5 Å². The van der Waals surface area contributed by atoms with Gasteiger partial charge in [0.1, 0.15) is 5.69 Å². The maximum absolute atomic E-state index is 13.3. The van der Waals surface area contributed by atoms with Crippen LogP contribution >= 0.6 is 0 Å². The number of nitrogens with zero attached hydrogens (tertiary/aromatic N) is 2. The summed E-state index contributed by atoms with van der Waals surface area (Å²) >= 11 is 0. The zero-order chi connectivity index (χ0) is 28.4. The molecule has 0 unspecified atom stereocenters. The summed E-state index contributed by atoms with van der Waals surface area (Å²) in [4.78, 5) is 42.5. The van der Waals surface area contributed by atoms with Gasteiger partial charge in [-0.05, 0) is 42.0 Å². The molecular formula is C27H17F3N6O4. The first kappa shape index (κ1) is 26.0. The number of anilines is 2. The number of benzene rings is 3. The Bertz CT molecular complexity index is 1860. The molecule has 0 bridgehead atoms. The van der Waals surface area contributed by atoms with E-state index in [1.807, 2.05) is 6.07 Å². The van der Waals surface area contributed by atoms with Gasteiger partial charge in [-0.15, -0.1) is 0 Å². The summed E-state index contributed by atoms with van der Waals surface area (Å²) in [5.74, 6) is -2.08. The smallest absolute Gasteiger partial charge is 0.349 e. The Balaban J connectivity index is 1.39. The Kier molecular flexibility index (Phi) is 6.66. The molecule has 0 aliphatic heterocycles. The third-order valence-electron chi connectivity index (χ3n) is 5.94. The van der Waals surface area contributed by atoms with Crippen molar-refractivity contribution in [2.75, 3.05) is 10.6 Å². The van der Waals surface area contributed by atoms with E-state index in [0.717, 1.165) is 6.07 Å². The summed E-state index contributed by atoms with van der Waals surface area (Å²) in [6.07, 6.45) is -5.11. The number of nitrogens with one attached hydrogen (secondary N) is 4. The predicted octanol–water partition coefficient (Wildman–Crippen LogP) is 4.84. The van der Waals surface area contributed by atoms with Gasteiger partial charge in [-0.2, -0.15) is 18.4 Å². The van der Waals surface area contributed by atoms with Crippen molar-refractivity contribution in [2.24, 2.45) is 0 Å². The van der Waals surface area contributed by atoms with Gasteiger partial charge >= 0.3 is 11.9 Å². The number of amides is 2. The quantitative estimate of drug-likeness (QED) is 0.239. The Morgan fingerprint density at radius 2 is 1.77 bits per heavy atom. The van der Waals surface area contributed by atoms with Gasteiger partial charge in [-0.3, -0.25) is 19.1 Å². The van der Waals surface area contributed by atoms with E-state index >= 15 is 0 Å². The van der Waals surface area contributed by atoms with E-state index in [2.05, 4.69) is 30.3 Å². The topological polar surface area (TPSA) is 157 Å². The SMILES string of the molecule is N#Cc1ccc(NC(=O)c2cc3cccc(NC(=O)Cc4ccccc4C(F)(F)F)c3[nH]2)c(-c2noc(=O)[nH]2)c1. The van der Waals surface area contributed by atoms with Crippen molar-refractivity contribution in [1.82, 2.24) is 15.1 Å². The van der Waals surface area contributed by atoms with Crippen LogP contribution in [0, 0.1) is 11.3 Å². The zero-order valence-electron chi connectivity index (χ0n) is 20.2. The van der Waals surface area contributed by atoms with E-state index in [1.54, 1.807) is 18.2 Å². The van der Waals surface area contributed by atoms with Crippen LogP contribution in [-0.2, 0) is 17.4 Å². The lowest BCUT2D eigenvalue weighted by Crippen LogP contribution is -2.18. The van der Waals surface area contributed by atoms with Gasteiger partial charge in [0.2, 0.25) is 5.91 Å². The van der Waals surface area contributed by atoms with E-state index < -0.39 is 35.7 Å². The molecule has 13 heteroatoms. The minimum Gasteiger partial charge on any atom is -0.349 e. The summed E-state index contributed by atoms with van der Waals surface area (Å²) in [6.45, 7) is 0. The van der Waals surface area contributed by atoms with Crippen molar-refractivity contribution >= 4 is 34.1 Å². The molecular weight excluding hydrogens is 529 g/mol. The molecule has 0 aliphatic rings. The monoisotopic (exact) mass is 546 g/mol. The fraction of sp³-hybridized carbons (Fsp3) is 0.0741. The molecule has 0 saturated heterocycles. The number of H-pyrrole nitrogens is 2. The van der Waals surface area contributed by atoms with Gasteiger partial charge in [-0.1, -0.05) is 35.5 Å². The number of rotatable bonds is 6. The molecule has 4 N–H and O–H groups in total. The predicted molar refractivity (Wildman–Crippen MR) is 137 cm³/mol. The lowest BCUT2D eigenvalue weighted by Gasteiger charge is -2.13. The number of alkyl halides is 3. The van der Waals surface area contributed by atoms with Crippen LogP contribution in [-0.4, -0.2) is 26.9 Å². The molecule has 3 aromatic carbocycles. The molecule has 2 amide bonds. The minimum absolute atomic E-state index is 0.00569. The molecule has 200 valence electrons. The second-order valence-electron chi connectivity index (χ2n) is 8.60. The Morgan fingerprint density at radius 1 is 0.975 bits per heavy atom. The van der Waals surface area contributed by atoms with E-state index in [-0.39, 0.29) is 39.6 Å². The number of hydrogen-bond donors (Lipinski definition) is 4. The van der Waals surface area contributed by atoms with Gasteiger partial charge in [0, 0.05) is 10.9 Å². The average molecular weight is 546 g/mol. The molecule has 0 radical (unpaired) electrons. The first-order valence-electron chi connectivity index (χ1n) is 11.6. The highest BCUT2D eigenvalue weighted by atomic mass is 19.4. The van der Waals surface area contributed by atoms with Crippen molar-refractivity contribution in [3.8, 4) is 17.5 Å². The number of para-hydroxylation sites is 1. The number of fused-ring (bicyclic) bond motifs is 1. The molecule has 5 rings (SSSR count). The number of halogens is 3. The van der Waals surface area contributed by atoms with Crippen LogP contribution < -0.4 is 16.4 Å². The van der Waals surface area contributed by atoms with Crippen LogP contribution in [0.15, 0.2) is 76.0 Å². The first-order valence-corrected chi connectivity index (χ1v) is 11.6. The first-order chi connectivity index (χ1) is 19.1. The summed E-state index contributed by atoms with van der Waals surface area (Å²) < 4.78 is 44.5. The number of hydrogen-bond acceptors (Lipinski definition) is 6. The van der Waals surface area contributed by atoms with Crippen molar-refractivity contribution < 1.29 is 27.3 Å². The highest BCUT2D eigenvalue weighted by Crippen LogP contribution is 2.32. The highest BCUT2D eigenvalue weighted by molar-refractivity contribution is 6.09. The summed E-state index contributed by atoms with van der Waals surface area (Å²) in [7, 11) is 0. The van der Waals surface area contributed by atoms with Gasteiger partial charge < -0.3 is 15.6 Å². The molecule has 5 aromatic rings. The zero-order valence-corrected chi connectivity index (χ0v) is 20.2. The Labute approximate surface area is 222 Å². The maximum atomic E-state index is 13.3. The summed E-state index contributed by atoms with van der Waals surface area (Å²) in [5.41, 5.74) is 0.405. The van der Waals surface area contributed by atoms with Gasteiger partial charge in [0.25, 0.3) is 5.91 Å². The normalized spacial score (nSPS) is 11.2. The molecule has 0 spiro atoms. The van der Waals surface area contributed by atoms with E-state index in [1.165, 1.54) is 42.5 Å². The van der Waals surface area contributed by atoms with Crippen molar-refractivity contribution in [2.45, 2.75) is 12.6 Å². The third-order valence-corrected chi connectivity index (χ3v) is 5.94. The lowest BCUT2D eigenvalue weighted by atomic mass is 10.0. The molecule has 0 aliphatic carbocycles. The van der Waals surface area contributed by atoms with E-state index in [4.69, 9.17) is 0 Å². The van der Waals surface area contributed by atoms with Gasteiger partial charge in [0.05, 0.1) is 40.5 Å². The largest absolute Gasteiger partial charge is 0.439 e. The third kappa shape index (κ3) is 5.32. The maximum Gasteiger partial charge on any atom is 0.439 e. The number of aromatic amines is 2. The Morgan fingerprint density at radius 3 is 2.50 bits per heavy atom. The fourth-order valence-electron chi connectivity index (χ4n) is 4.16. The molecule has 2 heterocycles. The number of carbonyl (C=O) groups is 2. The van der Waals surface area contributed by atoms with Crippen molar-refractivity contribution in [3.05, 3.63) is 99.7 Å². The van der Waals surface area contributed by atoms with Crippen molar-refractivity contribution in [1.29, 1.82) is 5.26 Å². The number of nitriles is 1. The van der Waals surface area contributed by atoms with Crippen LogP contribution in [0.25, 0.3) is 22.3 Å². The molecule has 40 heavy (non-hydrogen) atoms. The van der Waals surface area contributed by atoms with Gasteiger partial charge in [0.15, 0.2) is 5.82 Å². The van der Waals surface area contributed by atoms with Crippen LogP contribution in [0.5, 0.6) is 0 Å².